The van der Waals surface area contributed by atoms with Gasteiger partial charge in [-0.15, -0.1) is 0 Å². The summed E-state index contributed by atoms with van der Waals surface area (Å²) in [6, 6.07) is 13.2. The summed E-state index contributed by atoms with van der Waals surface area (Å²) in [5.41, 5.74) is 2.41. The first-order valence-corrected chi connectivity index (χ1v) is 6.56. The molecular weight excluding hydrogens is 252 g/mol. The van der Waals surface area contributed by atoms with Gasteiger partial charge in [0.1, 0.15) is 18.1 Å². The van der Waals surface area contributed by atoms with E-state index in [1.54, 1.807) is 6.07 Å². The van der Waals surface area contributed by atoms with Crippen molar-refractivity contribution in [2.24, 2.45) is 0 Å². The number of nitrogens with zero attached hydrogens (tertiary/aromatic N) is 1. The van der Waals surface area contributed by atoms with E-state index >= 15 is 0 Å². The van der Waals surface area contributed by atoms with E-state index in [0.29, 0.717) is 18.8 Å². The van der Waals surface area contributed by atoms with Gasteiger partial charge in [-0.2, -0.15) is 0 Å². The summed E-state index contributed by atoms with van der Waals surface area (Å²) in [6.45, 7) is 4.75. The van der Waals surface area contributed by atoms with Crippen molar-refractivity contribution in [1.29, 1.82) is 0 Å². The number of carbonyl (C=O) groups is 1. The standard InChI is InChI=1S/C16H18N2O2/c1-12-5-3-7-14(11-12)20-10-9-17-16(19)15-8-4-6-13(2)18-15/h3-8,11H,9-10H2,1-2H3,(H,17,19). The van der Waals surface area contributed by atoms with Gasteiger partial charge in [-0.3, -0.25) is 4.79 Å². The third kappa shape index (κ3) is 4.09. The predicted octanol–water partition coefficient (Wildman–Crippen LogP) is 2.51. The molecule has 4 nitrogen and oxygen atoms in total. The van der Waals surface area contributed by atoms with Gasteiger partial charge >= 0.3 is 0 Å². The fourth-order valence-corrected chi connectivity index (χ4v) is 1.80. The molecule has 0 fully saturated rings. The molecule has 1 heterocycles. The summed E-state index contributed by atoms with van der Waals surface area (Å²) < 4.78 is 5.56. The summed E-state index contributed by atoms with van der Waals surface area (Å²) in [4.78, 5) is 16.0. The fourth-order valence-electron chi connectivity index (χ4n) is 1.80. The molecule has 104 valence electrons. The molecule has 0 saturated carbocycles. The molecule has 0 radical (unpaired) electrons. The second-order valence-electron chi connectivity index (χ2n) is 4.59. The van der Waals surface area contributed by atoms with Crippen LogP contribution in [0, 0.1) is 13.8 Å². The third-order valence-corrected chi connectivity index (χ3v) is 2.77. The highest BCUT2D eigenvalue weighted by Crippen LogP contribution is 2.11. The summed E-state index contributed by atoms with van der Waals surface area (Å²) in [7, 11) is 0. The summed E-state index contributed by atoms with van der Waals surface area (Å²) in [6.07, 6.45) is 0. The Bertz CT molecular complexity index is 597. The number of amides is 1. The number of nitrogens with one attached hydrogen (secondary N) is 1. The van der Waals surface area contributed by atoms with Crippen LogP contribution in [0.2, 0.25) is 0 Å². The molecule has 0 spiro atoms. The van der Waals surface area contributed by atoms with Crippen molar-refractivity contribution in [3.63, 3.8) is 0 Å². The first kappa shape index (κ1) is 14.1. The SMILES string of the molecule is Cc1cccc(OCCNC(=O)c2cccc(C)n2)c1. The van der Waals surface area contributed by atoms with Gasteiger partial charge in [0.2, 0.25) is 0 Å². The maximum absolute atomic E-state index is 11.8. The predicted molar refractivity (Wildman–Crippen MR) is 78.0 cm³/mol. The Labute approximate surface area is 118 Å². The second kappa shape index (κ2) is 6.70. The molecule has 1 aromatic heterocycles. The third-order valence-electron chi connectivity index (χ3n) is 2.77. The van der Waals surface area contributed by atoms with Crippen LogP contribution >= 0.6 is 0 Å². The minimum atomic E-state index is -0.179. The number of ether oxygens (including phenoxy) is 1. The number of pyridine rings is 1. The number of benzene rings is 1. The molecule has 0 atom stereocenters. The highest BCUT2D eigenvalue weighted by molar-refractivity contribution is 5.92. The average molecular weight is 270 g/mol. The van der Waals surface area contributed by atoms with Crippen LogP contribution in [0.25, 0.3) is 0 Å². The van der Waals surface area contributed by atoms with Crippen molar-refractivity contribution >= 4 is 5.91 Å². The van der Waals surface area contributed by atoms with Crippen molar-refractivity contribution < 1.29 is 9.53 Å². The number of hydrogen-bond acceptors (Lipinski definition) is 3. The Morgan fingerprint density at radius 1 is 1.20 bits per heavy atom. The van der Waals surface area contributed by atoms with Gasteiger partial charge in [0.15, 0.2) is 0 Å². The first-order chi connectivity index (χ1) is 9.65. The number of rotatable bonds is 5. The second-order valence-corrected chi connectivity index (χ2v) is 4.59. The van der Waals surface area contributed by atoms with Gasteiger partial charge in [-0.1, -0.05) is 18.2 Å². The molecule has 0 aliphatic rings. The molecule has 1 amide bonds. The Morgan fingerprint density at radius 3 is 2.75 bits per heavy atom. The van der Waals surface area contributed by atoms with Crippen molar-refractivity contribution in [1.82, 2.24) is 10.3 Å². The number of aromatic nitrogens is 1. The zero-order chi connectivity index (χ0) is 14.4. The molecule has 1 N–H and O–H groups in total. The van der Waals surface area contributed by atoms with Crippen molar-refractivity contribution in [2.45, 2.75) is 13.8 Å². The lowest BCUT2D eigenvalue weighted by molar-refractivity contribution is 0.0942. The Kier molecular flexibility index (Phi) is 4.71. The molecule has 0 aliphatic carbocycles. The minimum Gasteiger partial charge on any atom is -0.492 e. The van der Waals surface area contributed by atoms with Crippen LogP contribution in [0.3, 0.4) is 0 Å². The highest BCUT2D eigenvalue weighted by atomic mass is 16.5. The van der Waals surface area contributed by atoms with Crippen molar-refractivity contribution in [2.75, 3.05) is 13.2 Å². The molecule has 4 heteroatoms. The van der Waals surface area contributed by atoms with Gasteiger partial charge in [-0.05, 0) is 43.7 Å². The number of carbonyl (C=O) groups excluding carboxylic acids is 1. The van der Waals surface area contributed by atoms with E-state index < -0.39 is 0 Å². The van der Waals surface area contributed by atoms with Crippen LogP contribution in [0.15, 0.2) is 42.5 Å². The normalized spacial score (nSPS) is 10.1. The van der Waals surface area contributed by atoms with Gasteiger partial charge < -0.3 is 10.1 Å². The van der Waals surface area contributed by atoms with Gasteiger partial charge in [0, 0.05) is 5.69 Å². The van der Waals surface area contributed by atoms with E-state index in [-0.39, 0.29) is 5.91 Å². The van der Waals surface area contributed by atoms with E-state index in [1.807, 2.05) is 50.2 Å². The molecule has 0 saturated heterocycles. The van der Waals surface area contributed by atoms with E-state index in [9.17, 15) is 4.79 Å². The van der Waals surface area contributed by atoms with Crippen LogP contribution in [0.1, 0.15) is 21.7 Å². The summed E-state index contributed by atoms with van der Waals surface area (Å²) in [5.74, 6) is 0.634. The van der Waals surface area contributed by atoms with Crippen LogP contribution in [0.4, 0.5) is 0 Å². The zero-order valence-electron chi connectivity index (χ0n) is 11.7. The molecule has 0 unspecified atom stereocenters. The van der Waals surface area contributed by atoms with E-state index in [2.05, 4.69) is 10.3 Å². The van der Waals surface area contributed by atoms with E-state index in [1.165, 1.54) is 0 Å². The molecule has 0 bridgehead atoms. The van der Waals surface area contributed by atoms with E-state index in [0.717, 1.165) is 17.0 Å². The topological polar surface area (TPSA) is 51.2 Å². The van der Waals surface area contributed by atoms with Crippen LogP contribution in [-0.2, 0) is 0 Å². The maximum atomic E-state index is 11.8. The lowest BCUT2D eigenvalue weighted by Crippen LogP contribution is -2.28. The lowest BCUT2D eigenvalue weighted by Gasteiger charge is -2.08. The molecule has 2 aromatic rings. The number of aryl methyl sites for hydroxylation is 2. The summed E-state index contributed by atoms with van der Waals surface area (Å²) in [5, 5.41) is 2.78. The van der Waals surface area contributed by atoms with Crippen LogP contribution < -0.4 is 10.1 Å². The molecule has 1 aromatic carbocycles. The van der Waals surface area contributed by atoms with Crippen LogP contribution in [-0.4, -0.2) is 24.0 Å². The Balaban J connectivity index is 1.77. The lowest BCUT2D eigenvalue weighted by atomic mass is 10.2. The first-order valence-electron chi connectivity index (χ1n) is 6.56. The minimum absolute atomic E-state index is 0.179. The fraction of sp³-hybridized carbons (Fsp3) is 0.250. The van der Waals surface area contributed by atoms with Crippen LogP contribution in [0.5, 0.6) is 5.75 Å². The maximum Gasteiger partial charge on any atom is 0.270 e. The quantitative estimate of drug-likeness (QED) is 0.849. The molecule has 20 heavy (non-hydrogen) atoms. The smallest absolute Gasteiger partial charge is 0.270 e. The molecule has 2 rings (SSSR count). The van der Waals surface area contributed by atoms with Gasteiger partial charge in [0.25, 0.3) is 5.91 Å². The molecular formula is C16H18N2O2. The van der Waals surface area contributed by atoms with Crippen molar-refractivity contribution in [3.8, 4) is 5.75 Å². The van der Waals surface area contributed by atoms with Crippen molar-refractivity contribution in [3.05, 3.63) is 59.4 Å². The monoisotopic (exact) mass is 270 g/mol. The Morgan fingerprint density at radius 2 is 2.00 bits per heavy atom. The highest BCUT2D eigenvalue weighted by Gasteiger charge is 2.06. The van der Waals surface area contributed by atoms with Gasteiger partial charge in [0.05, 0.1) is 6.54 Å². The average Bonchev–Trinajstić information content (AvgIpc) is 2.43. The summed E-state index contributed by atoms with van der Waals surface area (Å²) >= 11 is 0. The zero-order valence-corrected chi connectivity index (χ0v) is 11.7. The molecule has 0 aliphatic heterocycles. The Hall–Kier alpha value is -2.36. The van der Waals surface area contributed by atoms with E-state index in [4.69, 9.17) is 4.74 Å². The largest absolute Gasteiger partial charge is 0.492 e. The number of hydrogen-bond donors (Lipinski definition) is 1. The van der Waals surface area contributed by atoms with Gasteiger partial charge in [-0.25, -0.2) is 4.98 Å².